The van der Waals surface area contributed by atoms with Crippen LogP contribution < -0.4 is 0 Å². The molecule has 2 N–H and O–H groups in total. The fourth-order valence-electron chi connectivity index (χ4n) is 3.30. The summed E-state index contributed by atoms with van der Waals surface area (Å²) in [6.07, 6.45) is 0. The van der Waals surface area contributed by atoms with Gasteiger partial charge in [0.2, 0.25) is 0 Å². The van der Waals surface area contributed by atoms with E-state index in [-0.39, 0.29) is 11.5 Å². The maximum atomic E-state index is 10.5. The highest BCUT2D eigenvalue weighted by atomic mass is 16.3. The molecule has 0 amide bonds. The topological polar surface area (TPSA) is 88.0 Å². The van der Waals surface area contributed by atoms with Crippen LogP contribution in [0.15, 0.2) is 60.7 Å². The summed E-state index contributed by atoms with van der Waals surface area (Å²) in [5, 5.41) is 42.4. The van der Waals surface area contributed by atoms with Crippen molar-refractivity contribution in [2.75, 3.05) is 0 Å². The van der Waals surface area contributed by atoms with Crippen molar-refractivity contribution in [2.45, 2.75) is 0 Å². The van der Waals surface area contributed by atoms with Gasteiger partial charge in [-0.2, -0.15) is 10.5 Å². The Morgan fingerprint density at radius 3 is 1.38 bits per heavy atom. The molecule has 4 rings (SSSR count). The zero-order valence-corrected chi connectivity index (χ0v) is 13.6. The van der Waals surface area contributed by atoms with Gasteiger partial charge in [-0.3, -0.25) is 0 Å². The Morgan fingerprint density at radius 1 is 0.577 bits per heavy atom. The van der Waals surface area contributed by atoms with Gasteiger partial charge >= 0.3 is 0 Å². The molecule has 4 aromatic rings. The minimum Gasteiger partial charge on any atom is -0.507 e. The van der Waals surface area contributed by atoms with E-state index in [0.717, 1.165) is 21.5 Å². The van der Waals surface area contributed by atoms with Crippen molar-refractivity contribution in [3.05, 3.63) is 71.8 Å². The molecule has 4 heteroatoms. The van der Waals surface area contributed by atoms with Gasteiger partial charge in [-0.15, -0.1) is 0 Å². The predicted molar refractivity (Wildman–Crippen MR) is 99.6 cm³/mol. The van der Waals surface area contributed by atoms with E-state index < -0.39 is 0 Å². The van der Waals surface area contributed by atoms with Gasteiger partial charge in [0.15, 0.2) is 0 Å². The summed E-state index contributed by atoms with van der Waals surface area (Å²) in [6, 6.07) is 21.2. The number of benzene rings is 4. The van der Waals surface area contributed by atoms with Gasteiger partial charge in [-0.05, 0) is 57.9 Å². The van der Waals surface area contributed by atoms with Crippen LogP contribution in [0.5, 0.6) is 11.5 Å². The second-order valence-electron chi connectivity index (χ2n) is 6.01. The largest absolute Gasteiger partial charge is 0.507 e. The molecule has 0 bridgehead atoms. The lowest BCUT2D eigenvalue weighted by Gasteiger charge is -2.14. The Kier molecular flexibility index (Phi) is 3.46. The average molecular weight is 336 g/mol. The molecule has 4 aromatic carbocycles. The van der Waals surface area contributed by atoms with Crippen LogP contribution in [0.4, 0.5) is 0 Å². The summed E-state index contributed by atoms with van der Waals surface area (Å²) in [4.78, 5) is 0. The van der Waals surface area contributed by atoms with Gasteiger partial charge in [0.05, 0.1) is 23.3 Å². The van der Waals surface area contributed by atoms with E-state index >= 15 is 0 Å². The van der Waals surface area contributed by atoms with Crippen molar-refractivity contribution in [3.63, 3.8) is 0 Å². The van der Waals surface area contributed by atoms with Gasteiger partial charge in [0, 0.05) is 11.1 Å². The van der Waals surface area contributed by atoms with Crippen molar-refractivity contribution >= 4 is 21.5 Å². The van der Waals surface area contributed by atoms with Crippen molar-refractivity contribution in [1.29, 1.82) is 10.5 Å². The second-order valence-corrected chi connectivity index (χ2v) is 6.01. The minimum atomic E-state index is 0.0365. The van der Waals surface area contributed by atoms with Crippen LogP contribution in [0.1, 0.15) is 11.1 Å². The zero-order chi connectivity index (χ0) is 18.3. The molecule has 122 valence electrons. The SMILES string of the molecule is N#Cc1ccc2c(-c3c(O)ccc4cc(C#N)ccc34)c(O)ccc2c1. The van der Waals surface area contributed by atoms with Gasteiger partial charge in [0.25, 0.3) is 0 Å². The van der Waals surface area contributed by atoms with Gasteiger partial charge < -0.3 is 10.2 Å². The lowest BCUT2D eigenvalue weighted by Crippen LogP contribution is -1.88. The lowest BCUT2D eigenvalue weighted by atomic mass is 9.91. The first-order valence-electron chi connectivity index (χ1n) is 7.94. The standard InChI is InChI=1S/C22H12N2O2/c23-11-13-1-5-17-15(9-13)3-7-19(25)21(17)22-18-6-2-14(12-24)10-16(18)4-8-20(22)26/h1-10,25-26H. The zero-order valence-electron chi connectivity index (χ0n) is 13.6. The van der Waals surface area contributed by atoms with Crippen LogP contribution in [0, 0.1) is 22.7 Å². The van der Waals surface area contributed by atoms with E-state index in [1.807, 2.05) is 0 Å². The number of fused-ring (bicyclic) bond motifs is 2. The van der Waals surface area contributed by atoms with Crippen LogP contribution in [0.3, 0.4) is 0 Å². The molecule has 26 heavy (non-hydrogen) atoms. The molecule has 0 aliphatic rings. The number of nitrogens with zero attached hydrogens (tertiary/aromatic N) is 2. The number of phenolic OH excluding ortho intramolecular Hbond substituents is 2. The Labute approximate surface area is 149 Å². The number of hydrogen-bond donors (Lipinski definition) is 2. The summed E-state index contributed by atoms with van der Waals surface area (Å²) < 4.78 is 0. The lowest BCUT2D eigenvalue weighted by molar-refractivity contribution is 0.470. The molecule has 0 spiro atoms. The van der Waals surface area contributed by atoms with Crippen LogP contribution in [-0.2, 0) is 0 Å². The number of aromatic hydroxyl groups is 2. The van der Waals surface area contributed by atoms with E-state index in [4.69, 9.17) is 10.5 Å². The summed E-state index contributed by atoms with van der Waals surface area (Å²) in [5.74, 6) is 0.0729. The maximum absolute atomic E-state index is 10.5. The quantitative estimate of drug-likeness (QED) is 0.522. The third-order valence-corrected chi connectivity index (χ3v) is 4.50. The molecule has 0 saturated carbocycles. The van der Waals surface area contributed by atoms with E-state index in [2.05, 4.69) is 12.1 Å². The Bertz CT molecular complexity index is 1180. The van der Waals surface area contributed by atoms with E-state index in [0.29, 0.717) is 22.3 Å². The molecule has 0 aromatic heterocycles. The first kappa shape index (κ1) is 15.5. The van der Waals surface area contributed by atoms with Crippen LogP contribution in [0.2, 0.25) is 0 Å². The molecule has 0 saturated heterocycles. The first-order chi connectivity index (χ1) is 12.6. The normalized spacial score (nSPS) is 10.5. The molecular weight excluding hydrogens is 324 g/mol. The van der Waals surface area contributed by atoms with Gasteiger partial charge in [0.1, 0.15) is 11.5 Å². The van der Waals surface area contributed by atoms with Crippen molar-refractivity contribution < 1.29 is 10.2 Å². The third-order valence-electron chi connectivity index (χ3n) is 4.50. The smallest absolute Gasteiger partial charge is 0.124 e. The van der Waals surface area contributed by atoms with Gasteiger partial charge in [-0.1, -0.05) is 24.3 Å². The summed E-state index contributed by atoms with van der Waals surface area (Å²) in [7, 11) is 0. The Balaban J connectivity index is 2.13. The highest BCUT2D eigenvalue weighted by molar-refractivity contribution is 6.09. The molecule has 0 heterocycles. The monoisotopic (exact) mass is 336 g/mol. The van der Waals surface area contributed by atoms with Crippen LogP contribution in [0.25, 0.3) is 32.7 Å². The van der Waals surface area contributed by atoms with Crippen LogP contribution in [-0.4, -0.2) is 10.2 Å². The molecule has 0 fully saturated rings. The predicted octanol–water partition coefficient (Wildman–Crippen LogP) is 4.81. The second kappa shape index (κ2) is 5.81. The van der Waals surface area contributed by atoms with Crippen molar-refractivity contribution in [1.82, 2.24) is 0 Å². The number of nitriles is 2. The van der Waals surface area contributed by atoms with Gasteiger partial charge in [-0.25, -0.2) is 0 Å². The fourth-order valence-corrected chi connectivity index (χ4v) is 3.30. The molecule has 0 aliphatic heterocycles. The Morgan fingerprint density at radius 2 is 1.00 bits per heavy atom. The third kappa shape index (κ3) is 2.30. The molecule has 0 radical (unpaired) electrons. The maximum Gasteiger partial charge on any atom is 0.124 e. The first-order valence-corrected chi connectivity index (χ1v) is 7.94. The summed E-state index contributed by atoms with van der Waals surface area (Å²) in [5.41, 5.74) is 2.05. The molecular formula is C22H12N2O2. The highest BCUT2D eigenvalue weighted by Crippen LogP contribution is 2.44. The number of phenols is 2. The Hall–Kier alpha value is -4.02. The highest BCUT2D eigenvalue weighted by Gasteiger charge is 2.17. The molecule has 0 aliphatic carbocycles. The summed E-state index contributed by atoms with van der Waals surface area (Å²) in [6.45, 7) is 0. The van der Waals surface area contributed by atoms with Crippen molar-refractivity contribution in [3.8, 4) is 34.8 Å². The number of hydrogen-bond acceptors (Lipinski definition) is 4. The molecule has 0 unspecified atom stereocenters. The van der Waals surface area contributed by atoms with Crippen molar-refractivity contribution in [2.24, 2.45) is 0 Å². The molecule has 0 atom stereocenters. The minimum absolute atomic E-state index is 0.0365. The summed E-state index contributed by atoms with van der Waals surface area (Å²) >= 11 is 0. The molecule has 4 nitrogen and oxygen atoms in total. The van der Waals surface area contributed by atoms with E-state index in [9.17, 15) is 10.2 Å². The number of rotatable bonds is 1. The average Bonchev–Trinajstić information content (AvgIpc) is 2.68. The fraction of sp³-hybridized carbons (Fsp3) is 0. The van der Waals surface area contributed by atoms with E-state index in [1.165, 1.54) is 0 Å². The van der Waals surface area contributed by atoms with Crippen LogP contribution >= 0.6 is 0 Å². The van der Waals surface area contributed by atoms with E-state index in [1.54, 1.807) is 60.7 Å².